The summed E-state index contributed by atoms with van der Waals surface area (Å²) in [5.41, 5.74) is 1.44. The Labute approximate surface area is 140 Å². The lowest BCUT2D eigenvalue weighted by Gasteiger charge is -2.24. The Bertz CT molecular complexity index is 455. The third-order valence-electron chi connectivity index (χ3n) is 4.40. The molecule has 1 saturated heterocycles. The summed E-state index contributed by atoms with van der Waals surface area (Å²) in [7, 11) is 3.97. The number of nitrogens with zero attached hydrogens (tertiary/aromatic N) is 2. The number of hydrogen-bond donors (Lipinski definition) is 1. The molecule has 1 heterocycles. The van der Waals surface area contributed by atoms with Gasteiger partial charge in [0.2, 0.25) is 0 Å². The predicted octanol–water partition coefficient (Wildman–Crippen LogP) is 2.94. The van der Waals surface area contributed by atoms with E-state index < -0.39 is 0 Å². The number of unbranched alkanes of at least 4 members (excludes halogenated alkanes) is 2. The first-order chi connectivity index (χ1) is 11.3. The van der Waals surface area contributed by atoms with Gasteiger partial charge in [0, 0.05) is 39.7 Å². The van der Waals surface area contributed by atoms with Crippen LogP contribution in [0.4, 0.5) is 0 Å². The molecular weight excluding hydrogens is 286 g/mol. The van der Waals surface area contributed by atoms with E-state index in [1.165, 1.54) is 37.7 Å². The highest BCUT2D eigenvalue weighted by Gasteiger charge is 2.18. The lowest BCUT2D eigenvalue weighted by molar-refractivity contribution is 0.181. The van der Waals surface area contributed by atoms with Gasteiger partial charge in [0.1, 0.15) is 0 Å². The van der Waals surface area contributed by atoms with Crippen LogP contribution in [0.1, 0.15) is 31.2 Å². The molecule has 128 valence electrons. The summed E-state index contributed by atoms with van der Waals surface area (Å²) in [6.45, 7) is 3.81. The minimum absolute atomic E-state index is 0.643. The van der Waals surface area contributed by atoms with Gasteiger partial charge in [0.05, 0.1) is 6.61 Å². The molecule has 1 atom stereocenters. The molecular formula is C19H31N3O. The van der Waals surface area contributed by atoms with E-state index in [9.17, 15) is 0 Å². The molecule has 0 radical (unpaired) electrons. The number of nitrogens with one attached hydrogen (secondary N) is 1. The van der Waals surface area contributed by atoms with E-state index in [-0.39, 0.29) is 0 Å². The highest BCUT2D eigenvalue weighted by atomic mass is 16.5. The summed E-state index contributed by atoms with van der Waals surface area (Å²) < 4.78 is 5.45. The van der Waals surface area contributed by atoms with E-state index in [4.69, 9.17) is 4.74 Å². The molecule has 23 heavy (non-hydrogen) atoms. The van der Waals surface area contributed by atoms with Gasteiger partial charge in [-0.3, -0.25) is 4.99 Å². The number of aryl methyl sites for hydroxylation is 1. The second-order valence-electron chi connectivity index (χ2n) is 6.38. The summed E-state index contributed by atoms with van der Waals surface area (Å²) in [6.07, 6.45) is 6.03. The van der Waals surface area contributed by atoms with Crippen molar-refractivity contribution in [1.82, 2.24) is 10.2 Å². The van der Waals surface area contributed by atoms with E-state index in [0.717, 1.165) is 32.3 Å². The van der Waals surface area contributed by atoms with Crippen LogP contribution in [0.5, 0.6) is 0 Å². The smallest absolute Gasteiger partial charge is 0.193 e. The second-order valence-corrected chi connectivity index (χ2v) is 6.38. The van der Waals surface area contributed by atoms with Gasteiger partial charge in [-0.2, -0.15) is 0 Å². The zero-order chi connectivity index (χ0) is 16.3. The first-order valence-electron chi connectivity index (χ1n) is 8.83. The van der Waals surface area contributed by atoms with Crippen molar-refractivity contribution in [1.29, 1.82) is 0 Å². The summed E-state index contributed by atoms with van der Waals surface area (Å²) >= 11 is 0. The van der Waals surface area contributed by atoms with Gasteiger partial charge < -0.3 is 15.0 Å². The van der Waals surface area contributed by atoms with Crippen LogP contribution in [0.15, 0.2) is 35.3 Å². The molecule has 1 aromatic carbocycles. The van der Waals surface area contributed by atoms with Crippen molar-refractivity contribution in [2.45, 2.75) is 32.1 Å². The van der Waals surface area contributed by atoms with Crippen LogP contribution in [-0.2, 0) is 11.2 Å². The molecule has 1 aromatic rings. The molecule has 0 bridgehead atoms. The highest BCUT2D eigenvalue weighted by molar-refractivity contribution is 5.79. The van der Waals surface area contributed by atoms with Gasteiger partial charge in [-0.25, -0.2) is 0 Å². The third-order valence-corrected chi connectivity index (χ3v) is 4.40. The van der Waals surface area contributed by atoms with Gasteiger partial charge in [-0.1, -0.05) is 36.8 Å². The number of hydrogen-bond acceptors (Lipinski definition) is 2. The molecule has 2 rings (SSSR count). The van der Waals surface area contributed by atoms with Gasteiger partial charge in [-0.05, 0) is 31.2 Å². The van der Waals surface area contributed by atoms with Crippen LogP contribution < -0.4 is 5.32 Å². The largest absolute Gasteiger partial charge is 0.381 e. The van der Waals surface area contributed by atoms with Crippen molar-refractivity contribution in [2.24, 2.45) is 10.9 Å². The van der Waals surface area contributed by atoms with Crippen LogP contribution in [0.3, 0.4) is 0 Å². The molecule has 1 aliphatic rings. The van der Waals surface area contributed by atoms with Crippen molar-refractivity contribution in [3.05, 3.63) is 35.9 Å². The zero-order valence-corrected chi connectivity index (χ0v) is 14.6. The minimum atomic E-state index is 0.643. The van der Waals surface area contributed by atoms with E-state index in [2.05, 4.69) is 52.6 Å². The van der Waals surface area contributed by atoms with Crippen molar-refractivity contribution >= 4 is 5.96 Å². The molecule has 0 saturated carbocycles. The van der Waals surface area contributed by atoms with Crippen molar-refractivity contribution in [2.75, 3.05) is 40.4 Å². The lowest BCUT2D eigenvalue weighted by atomic mass is 10.1. The van der Waals surface area contributed by atoms with Gasteiger partial charge in [0.15, 0.2) is 5.96 Å². The fourth-order valence-corrected chi connectivity index (χ4v) is 3.06. The average molecular weight is 317 g/mol. The van der Waals surface area contributed by atoms with Gasteiger partial charge >= 0.3 is 0 Å². The van der Waals surface area contributed by atoms with Crippen molar-refractivity contribution < 1.29 is 4.74 Å². The topological polar surface area (TPSA) is 36.9 Å². The van der Waals surface area contributed by atoms with Gasteiger partial charge in [0.25, 0.3) is 0 Å². The molecule has 1 N–H and O–H groups in total. The van der Waals surface area contributed by atoms with Crippen molar-refractivity contribution in [3.8, 4) is 0 Å². The fourth-order valence-electron chi connectivity index (χ4n) is 3.06. The Hall–Kier alpha value is -1.55. The average Bonchev–Trinajstić information content (AvgIpc) is 3.08. The number of guanidine groups is 1. The maximum absolute atomic E-state index is 5.45. The molecule has 1 unspecified atom stereocenters. The Morgan fingerprint density at radius 3 is 2.78 bits per heavy atom. The quantitative estimate of drug-likeness (QED) is 0.455. The second kappa shape index (κ2) is 10.3. The van der Waals surface area contributed by atoms with Crippen LogP contribution in [-0.4, -0.2) is 51.3 Å². The Morgan fingerprint density at radius 1 is 1.26 bits per heavy atom. The monoisotopic (exact) mass is 317 g/mol. The van der Waals surface area contributed by atoms with Crippen LogP contribution in [0.25, 0.3) is 0 Å². The molecule has 1 fully saturated rings. The summed E-state index contributed by atoms with van der Waals surface area (Å²) in [4.78, 5) is 6.61. The lowest BCUT2D eigenvalue weighted by Crippen LogP contribution is -2.41. The molecule has 0 amide bonds. The molecule has 4 heteroatoms. The first-order valence-corrected chi connectivity index (χ1v) is 8.83. The SMILES string of the molecule is CN=C(NCCCCCc1ccccc1)N(C)CC1CCOC1. The summed E-state index contributed by atoms with van der Waals surface area (Å²) in [6, 6.07) is 10.7. The summed E-state index contributed by atoms with van der Waals surface area (Å²) in [5, 5.41) is 3.48. The zero-order valence-electron chi connectivity index (χ0n) is 14.6. The Balaban J connectivity index is 1.56. The Kier molecular flexibility index (Phi) is 7.95. The normalized spacial score (nSPS) is 18.2. The number of benzene rings is 1. The number of aliphatic imine (C=N–C) groups is 1. The Morgan fingerprint density at radius 2 is 2.09 bits per heavy atom. The van der Waals surface area contributed by atoms with Gasteiger partial charge in [-0.15, -0.1) is 0 Å². The molecule has 1 aliphatic heterocycles. The number of rotatable bonds is 8. The highest BCUT2D eigenvalue weighted by Crippen LogP contribution is 2.13. The van der Waals surface area contributed by atoms with Crippen LogP contribution in [0.2, 0.25) is 0 Å². The van der Waals surface area contributed by atoms with E-state index in [1.807, 2.05) is 7.05 Å². The van der Waals surface area contributed by atoms with Crippen LogP contribution in [0, 0.1) is 5.92 Å². The fraction of sp³-hybridized carbons (Fsp3) is 0.632. The van der Waals surface area contributed by atoms with E-state index in [0.29, 0.717) is 5.92 Å². The van der Waals surface area contributed by atoms with Crippen molar-refractivity contribution in [3.63, 3.8) is 0 Å². The maximum Gasteiger partial charge on any atom is 0.193 e. The standard InChI is InChI=1S/C19H31N3O/c1-20-19(22(2)15-18-12-14-23-16-18)21-13-8-4-7-11-17-9-5-3-6-10-17/h3,5-6,9-10,18H,4,7-8,11-16H2,1-2H3,(H,20,21). The predicted molar refractivity (Wildman–Crippen MR) is 96.9 cm³/mol. The maximum atomic E-state index is 5.45. The third kappa shape index (κ3) is 6.61. The number of ether oxygens (including phenoxy) is 1. The molecule has 0 spiro atoms. The summed E-state index contributed by atoms with van der Waals surface area (Å²) in [5.74, 6) is 1.64. The van der Waals surface area contributed by atoms with E-state index >= 15 is 0 Å². The molecule has 0 aromatic heterocycles. The van der Waals surface area contributed by atoms with Crippen LogP contribution >= 0.6 is 0 Å². The minimum Gasteiger partial charge on any atom is -0.381 e. The van der Waals surface area contributed by atoms with E-state index in [1.54, 1.807) is 0 Å². The first kappa shape index (κ1) is 17.8. The molecule has 0 aliphatic carbocycles. The molecule has 4 nitrogen and oxygen atoms in total.